The van der Waals surface area contributed by atoms with E-state index in [0.717, 1.165) is 35.7 Å². The maximum atomic E-state index is 13.6. The van der Waals surface area contributed by atoms with Crippen LogP contribution in [0.5, 0.6) is 0 Å². The Morgan fingerprint density at radius 2 is 1.95 bits per heavy atom. The Morgan fingerprint density at radius 1 is 1.14 bits per heavy atom. The molecule has 0 bridgehead atoms. The summed E-state index contributed by atoms with van der Waals surface area (Å²) in [5.41, 5.74) is 3.10. The minimum absolute atomic E-state index is 0.0404. The van der Waals surface area contributed by atoms with E-state index in [0.29, 0.717) is 5.92 Å². The maximum absolute atomic E-state index is 13.6. The first-order valence-corrected chi connectivity index (χ1v) is 8.03. The van der Waals surface area contributed by atoms with E-state index in [2.05, 4.69) is 17.4 Å². The van der Waals surface area contributed by atoms with Crippen LogP contribution >= 0.6 is 11.6 Å². The van der Waals surface area contributed by atoms with E-state index in [1.54, 1.807) is 6.07 Å². The molecule has 0 unspecified atom stereocenters. The molecule has 4 heteroatoms. The van der Waals surface area contributed by atoms with Crippen LogP contribution < -0.4 is 5.32 Å². The number of halogens is 2. The minimum Gasteiger partial charge on any atom is -0.378 e. The van der Waals surface area contributed by atoms with Crippen LogP contribution in [0.1, 0.15) is 36.1 Å². The first kappa shape index (κ1) is 14.0. The van der Waals surface area contributed by atoms with E-state index in [9.17, 15) is 4.39 Å². The normalized spacial score (nSPS) is 26.7. The predicted octanol–water partition coefficient (Wildman–Crippen LogP) is 5.11. The molecule has 0 aliphatic carbocycles. The molecular formula is C18H17ClFNO. The van der Waals surface area contributed by atoms with Crippen LogP contribution in [0.15, 0.2) is 42.5 Å². The fraction of sp³-hybridized carbons (Fsp3) is 0.333. The third-order valence-electron chi connectivity index (χ3n) is 4.66. The number of fused-ring (bicyclic) bond motifs is 3. The topological polar surface area (TPSA) is 21.3 Å². The molecule has 2 aromatic carbocycles. The highest BCUT2D eigenvalue weighted by molar-refractivity contribution is 6.30. The quantitative estimate of drug-likeness (QED) is 0.788. The van der Waals surface area contributed by atoms with Gasteiger partial charge in [0.05, 0.1) is 12.1 Å². The van der Waals surface area contributed by atoms with Crippen LogP contribution in [0.2, 0.25) is 5.02 Å². The van der Waals surface area contributed by atoms with Gasteiger partial charge in [0.25, 0.3) is 0 Å². The first-order valence-electron chi connectivity index (χ1n) is 7.65. The van der Waals surface area contributed by atoms with Crippen molar-refractivity contribution in [1.29, 1.82) is 0 Å². The van der Waals surface area contributed by atoms with Gasteiger partial charge in [0.2, 0.25) is 0 Å². The van der Waals surface area contributed by atoms with E-state index >= 15 is 0 Å². The molecule has 3 atom stereocenters. The van der Waals surface area contributed by atoms with Crippen LogP contribution in [0.25, 0.3) is 0 Å². The number of nitrogens with one attached hydrogen (secondary N) is 1. The van der Waals surface area contributed by atoms with Crippen LogP contribution in [-0.2, 0) is 4.74 Å². The fourth-order valence-electron chi connectivity index (χ4n) is 3.64. The second-order valence-corrected chi connectivity index (χ2v) is 6.44. The van der Waals surface area contributed by atoms with Crippen molar-refractivity contribution in [3.8, 4) is 0 Å². The molecule has 2 nitrogen and oxygen atoms in total. The smallest absolute Gasteiger partial charge is 0.123 e. The first-order chi connectivity index (χ1) is 10.7. The molecule has 2 aliphatic rings. The monoisotopic (exact) mass is 317 g/mol. The number of ether oxygens (including phenoxy) is 1. The molecule has 0 saturated carbocycles. The summed E-state index contributed by atoms with van der Waals surface area (Å²) < 4.78 is 19.6. The lowest BCUT2D eigenvalue weighted by Gasteiger charge is -2.43. The minimum atomic E-state index is -0.210. The van der Waals surface area contributed by atoms with Gasteiger partial charge in [0, 0.05) is 28.8 Å². The van der Waals surface area contributed by atoms with Crippen molar-refractivity contribution in [1.82, 2.24) is 0 Å². The molecule has 2 aromatic rings. The van der Waals surface area contributed by atoms with Gasteiger partial charge >= 0.3 is 0 Å². The summed E-state index contributed by atoms with van der Waals surface area (Å²) in [7, 11) is 0. The molecule has 2 heterocycles. The zero-order chi connectivity index (χ0) is 15.1. The third-order valence-corrected chi connectivity index (χ3v) is 4.91. The summed E-state index contributed by atoms with van der Waals surface area (Å²) in [5.74, 6) is 0.0997. The Morgan fingerprint density at radius 3 is 2.77 bits per heavy atom. The van der Waals surface area contributed by atoms with Crippen molar-refractivity contribution in [3.63, 3.8) is 0 Å². The van der Waals surface area contributed by atoms with E-state index in [1.807, 2.05) is 18.2 Å². The van der Waals surface area contributed by atoms with Crippen molar-refractivity contribution >= 4 is 17.3 Å². The zero-order valence-corrected chi connectivity index (χ0v) is 12.8. The van der Waals surface area contributed by atoms with Crippen LogP contribution in [0.4, 0.5) is 10.1 Å². The van der Waals surface area contributed by atoms with E-state index in [-0.39, 0.29) is 18.0 Å². The molecule has 2 aliphatic heterocycles. The van der Waals surface area contributed by atoms with Crippen molar-refractivity contribution in [2.45, 2.75) is 25.0 Å². The van der Waals surface area contributed by atoms with Crippen LogP contribution in [-0.4, -0.2) is 6.61 Å². The van der Waals surface area contributed by atoms with E-state index in [4.69, 9.17) is 16.3 Å². The van der Waals surface area contributed by atoms with E-state index < -0.39 is 0 Å². The standard InChI is InChI=1S/C18H17ClFNO/c19-12-5-3-11(4-6-12)17-14-2-1-9-22-18(14)15-10-13(20)7-8-16(15)21-17/h3-8,10,14,17-18,21H,1-2,9H2/t14-,17+,18-/m1/s1. The van der Waals surface area contributed by atoms with Gasteiger partial charge in [-0.2, -0.15) is 0 Å². The molecule has 22 heavy (non-hydrogen) atoms. The van der Waals surface area contributed by atoms with Crippen molar-refractivity contribution in [3.05, 3.63) is 64.4 Å². The summed E-state index contributed by atoms with van der Waals surface area (Å²) in [6, 6.07) is 13.0. The lowest BCUT2D eigenvalue weighted by Crippen LogP contribution is -2.36. The summed E-state index contributed by atoms with van der Waals surface area (Å²) in [6.07, 6.45) is 2.07. The average molecular weight is 318 g/mol. The third kappa shape index (κ3) is 2.38. The van der Waals surface area contributed by atoms with Gasteiger partial charge in [0.1, 0.15) is 5.82 Å². The number of benzene rings is 2. The fourth-order valence-corrected chi connectivity index (χ4v) is 3.77. The second kappa shape index (κ2) is 5.56. The summed E-state index contributed by atoms with van der Waals surface area (Å²) in [4.78, 5) is 0. The highest BCUT2D eigenvalue weighted by Crippen LogP contribution is 2.49. The van der Waals surface area contributed by atoms with Crippen molar-refractivity contribution in [2.75, 3.05) is 11.9 Å². The van der Waals surface area contributed by atoms with Crippen molar-refractivity contribution in [2.24, 2.45) is 5.92 Å². The number of rotatable bonds is 1. The molecule has 0 aromatic heterocycles. The van der Waals surface area contributed by atoms with Gasteiger partial charge in [-0.05, 0) is 48.7 Å². The summed E-state index contributed by atoms with van der Waals surface area (Å²) in [6.45, 7) is 0.741. The Bertz CT molecular complexity index is 688. The molecular weight excluding hydrogens is 301 g/mol. The average Bonchev–Trinajstić information content (AvgIpc) is 2.55. The highest BCUT2D eigenvalue weighted by Gasteiger charge is 2.39. The molecule has 4 rings (SSSR count). The van der Waals surface area contributed by atoms with Gasteiger partial charge in [-0.3, -0.25) is 0 Å². The lowest BCUT2D eigenvalue weighted by molar-refractivity contribution is -0.0382. The molecule has 0 radical (unpaired) electrons. The number of hydrogen-bond donors (Lipinski definition) is 1. The lowest BCUT2D eigenvalue weighted by atomic mass is 9.77. The predicted molar refractivity (Wildman–Crippen MR) is 85.6 cm³/mol. The van der Waals surface area contributed by atoms with Gasteiger partial charge in [-0.1, -0.05) is 23.7 Å². The van der Waals surface area contributed by atoms with E-state index in [1.165, 1.54) is 11.6 Å². The second-order valence-electron chi connectivity index (χ2n) is 6.00. The van der Waals surface area contributed by atoms with Gasteiger partial charge < -0.3 is 10.1 Å². The number of hydrogen-bond acceptors (Lipinski definition) is 2. The highest BCUT2D eigenvalue weighted by atomic mass is 35.5. The molecule has 1 fully saturated rings. The Balaban J connectivity index is 1.77. The molecule has 114 valence electrons. The summed E-state index contributed by atoms with van der Waals surface area (Å²) >= 11 is 6.00. The molecule has 1 N–H and O–H groups in total. The molecule has 0 amide bonds. The Kier molecular flexibility index (Phi) is 3.55. The van der Waals surface area contributed by atoms with Crippen LogP contribution in [0.3, 0.4) is 0 Å². The van der Waals surface area contributed by atoms with Gasteiger partial charge in [0.15, 0.2) is 0 Å². The largest absolute Gasteiger partial charge is 0.378 e. The SMILES string of the molecule is Fc1ccc2c(c1)[C@@H]1OCCC[C@@H]1[C@H](c1ccc(Cl)cc1)N2. The molecule has 0 spiro atoms. The van der Waals surface area contributed by atoms with Gasteiger partial charge in [-0.15, -0.1) is 0 Å². The Hall–Kier alpha value is -1.58. The number of anilines is 1. The van der Waals surface area contributed by atoms with Gasteiger partial charge in [-0.25, -0.2) is 4.39 Å². The maximum Gasteiger partial charge on any atom is 0.123 e. The van der Waals surface area contributed by atoms with Crippen LogP contribution in [0, 0.1) is 11.7 Å². The Labute approximate surface area is 134 Å². The summed E-state index contributed by atoms with van der Waals surface area (Å²) in [5, 5.41) is 4.30. The molecule has 1 saturated heterocycles. The zero-order valence-electron chi connectivity index (χ0n) is 12.1. The van der Waals surface area contributed by atoms with Crippen molar-refractivity contribution < 1.29 is 9.13 Å².